The molecule has 0 saturated heterocycles. The van der Waals surface area contributed by atoms with Crippen molar-refractivity contribution in [1.29, 1.82) is 0 Å². The minimum absolute atomic E-state index is 0.138. The van der Waals surface area contributed by atoms with Crippen LogP contribution in [0.2, 0.25) is 0 Å². The summed E-state index contributed by atoms with van der Waals surface area (Å²) >= 11 is 0. The van der Waals surface area contributed by atoms with E-state index in [0.29, 0.717) is 12.6 Å². The fourth-order valence-corrected chi connectivity index (χ4v) is 1.79. The molecule has 0 aromatic heterocycles. The first-order valence-electron chi connectivity index (χ1n) is 6.92. The SMILES string of the molecule is CCCCOC(=O)C(C)(C)NC(CC)CCC. The van der Waals surface area contributed by atoms with Crippen molar-refractivity contribution in [1.82, 2.24) is 5.32 Å². The van der Waals surface area contributed by atoms with Crippen LogP contribution in [0.15, 0.2) is 0 Å². The summed E-state index contributed by atoms with van der Waals surface area (Å²) in [6, 6.07) is 0.397. The summed E-state index contributed by atoms with van der Waals surface area (Å²) in [5.74, 6) is -0.138. The van der Waals surface area contributed by atoms with E-state index in [2.05, 4.69) is 26.1 Å². The summed E-state index contributed by atoms with van der Waals surface area (Å²) in [4.78, 5) is 11.9. The number of ether oxygens (including phenoxy) is 1. The number of rotatable bonds is 9. The van der Waals surface area contributed by atoms with Crippen molar-refractivity contribution in [3.05, 3.63) is 0 Å². The zero-order valence-electron chi connectivity index (χ0n) is 12.1. The molecule has 1 atom stereocenters. The maximum atomic E-state index is 11.9. The van der Waals surface area contributed by atoms with Crippen LogP contribution in [0, 0.1) is 0 Å². The van der Waals surface area contributed by atoms with Crippen molar-refractivity contribution < 1.29 is 9.53 Å². The van der Waals surface area contributed by atoms with Crippen LogP contribution in [0.4, 0.5) is 0 Å². The zero-order valence-corrected chi connectivity index (χ0v) is 12.1. The van der Waals surface area contributed by atoms with Gasteiger partial charge in [0.05, 0.1) is 6.61 Å². The lowest BCUT2D eigenvalue weighted by Crippen LogP contribution is -2.52. The average molecular weight is 243 g/mol. The van der Waals surface area contributed by atoms with Gasteiger partial charge >= 0.3 is 5.97 Å². The Kier molecular flexibility index (Phi) is 8.23. The molecule has 0 fully saturated rings. The van der Waals surface area contributed by atoms with Crippen molar-refractivity contribution in [2.75, 3.05) is 6.61 Å². The van der Waals surface area contributed by atoms with Gasteiger partial charge in [0.15, 0.2) is 0 Å². The monoisotopic (exact) mass is 243 g/mol. The Morgan fingerprint density at radius 2 is 1.88 bits per heavy atom. The highest BCUT2D eigenvalue weighted by Gasteiger charge is 2.30. The second kappa shape index (κ2) is 8.51. The molecule has 1 N–H and O–H groups in total. The second-order valence-corrected chi connectivity index (χ2v) is 5.15. The number of unbranched alkanes of at least 4 members (excludes halogenated alkanes) is 1. The molecule has 0 bridgehead atoms. The van der Waals surface area contributed by atoms with E-state index in [1.54, 1.807) is 0 Å². The molecule has 0 amide bonds. The smallest absolute Gasteiger partial charge is 0.325 e. The molecule has 3 heteroatoms. The first-order chi connectivity index (χ1) is 7.97. The number of hydrogen-bond acceptors (Lipinski definition) is 3. The molecule has 0 radical (unpaired) electrons. The van der Waals surface area contributed by atoms with Crippen molar-refractivity contribution in [2.45, 2.75) is 78.3 Å². The molecule has 1 unspecified atom stereocenters. The largest absolute Gasteiger partial charge is 0.464 e. The normalized spacial score (nSPS) is 13.5. The molecule has 102 valence electrons. The molecule has 0 aliphatic heterocycles. The van der Waals surface area contributed by atoms with Gasteiger partial charge in [-0.1, -0.05) is 33.6 Å². The number of esters is 1. The van der Waals surface area contributed by atoms with Crippen LogP contribution in [-0.4, -0.2) is 24.2 Å². The minimum atomic E-state index is -0.580. The standard InChI is InChI=1S/C14H29NO2/c1-6-9-11-17-13(16)14(4,5)15-12(8-3)10-7-2/h12,15H,6-11H2,1-5H3. The highest BCUT2D eigenvalue weighted by atomic mass is 16.5. The predicted octanol–water partition coefficient (Wildman–Crippen LogP) is 3.28. The van der Waals surface area contributed by atoms with E-state index in [1.807, 2.05) is 13.8 Å². The molecule has 0 aromatic carbocycles. The van der Waals surface area contributed by atoms with E-state index in [-0.39, 0.29) is 5.97 Å². The van der Waals surface area contributed by atoms with E-state index in [4.69, 9.17) is 4.74 Å². The molecule has 0 aromatic rings. The Bertz CT molecular complexity index is 214. The van der Waals surface area contributed by atoms with Crippen LogP contribution >= 0.6 is 0 Å². The summed E-state index contributed by atoms with van der Waals surface area (Å²) in [6.45, 7) is 10.7. The molecular weight excluding hydrogens is 214 g/mol. The fraction of sp³-hybridized carbons (Fsp3) is 0.929. The maximum absolute atomic E-state index is 11.9. The fourth-order valence-electron chi connectivity index (χ4n) is 1.79. The summed E-state index contributed by atoms with van der Waals surface area (Å²) in [6.07, 6.45) is 5.26. The summed E-state index contributed by atoms with van der Waals surface area (Å²) in [7, 11) is 0. The molecular formula is C14H29NO2. The molecule has 0 heterocycles. The predicted molar refractivity (Wildman–Crippen MR) is 72.1 cm³/mol. The maximum Gasteiger partial charge on any atom is 0.325 e. The average Bonchev–Trinajstić information content (AvgIpc) is 2.28. The minimum Gasteiger partial charge on any atom is -0.464 e. The number of nitrogens with one attached hydrogen (secondary N) is 1. The van der Waals surface area contributed by atoms with Gasteiger partial charge in [0, 0.05) is 6.04 Å². The van der Waals surface area contributed by atoms with Crippen molar-refractivity contribution in [3.8, 4) is 0 Å². The summed E-state index contributed by atoms with van der Waals surface area (Å²) < 4.78 is 5.27. The first-order valence-corrected chi connectivity index (χ1v) is 6.92. The lowest BCUT2D eigenvalue weighted by atomic mass is 10.0. The Balaban J connectivity index is 4.18. The van der Waals surface area contributed by atoms with E-state index < -0.39 is 5.54 Å². The molecule has 0 spiro atoms. The van der Waals surface area contributed by atoms with Gasteiger partial charge in [0.25, 0.3) is 0 Å². The van der Waals surface area contributed by atoms with E-state index in [1.165, 1.54) is 0 Å². The van der Waals surface area contributed by atoms with E-state index in [9.17, 15) is 4.79 Å². The number of carbonyl (C=O) groups excluding carboxylic acids is 1. The van der Waals surface area contributed by atoms with Gasteiger partial charge in [0.1, 0.15) is 5.54 Å². The second-order valence-electron chi connectivity index (χ2n) is 5.15. The Hall–Kier alpha value is -0.570. The van der Waals surface area contributed by atoms with Gasteiger partial charge in [-0.05, 0) is 33.1 Å². The van der Waals surface area contributed by atoms with E-state index >= 15 is 0 Å². The topological polar surface area (TPSA) is 38.3 Å². The van der Waals surface area contributed by atoms with Gasteiger partial charge in [-0.2, -0.15) is 0 Å². The Morgan fingerprint density at radius 1 is 1.24 bits per heavy atom. The molecule has 17 heavy (non-hydrogen) atoms. The van der Waals surface area contributed by atoms with Crippen molar-refractivity contribution in [2.24, 2.45) is 0 Å². The first kappa shape index (κ1) is 16.4. The van der Waals surface area contributed by atoms with Gasteiger partial charge in [-0.25, -0.2) is 0 Å². The summed E-state index contributed by atoms with van der Waals surface area (Å²) in [5.41, 5.74) is -0.580. The highest BCUT2D eigenvalue weighted by molar-refractivity contribution is 5.79. The third-order valence-corrected chi connectivity index (χ3v) is 2.94. The number of hydrogen-bond donors (Lipinski definition) is 1. The van der Waals surface area contributed by atoms with Gasteiger partial charge in [0.2, 0.25) is 0 Å². The molecule has 3 nitrogen and oxygen atoms in total. The number of carbonyl (C=O) groups is 1. The van der Waals surface area contributed by atoms with Crippen molar-refractivity contribution in [3.63, 3.8) is 0 Å². The van der Waals surface area contributed by atoms with Gasteiger partial charge in [-0.3, -0.25) is 10.1 Å². The highest BCUT2D eigenvalue weighted by Crippen LogP contribution is 2.11. The quantitative estimate of drug-likeness (QED) is 0.499. The van der Waals surface area contributed by atoms with Crippen LogP contribution in [0.25, 0.3) is 0 Å². The molecule has 0 aliphatic rings. The Morgan fingerprint density at radius 3 is 2.35 bits per heavy atom. The summed E-state index contributed by atoms with van der Waals surface area (Å²) in [5, 5.41) is 3.40. The molecule has 0 saturated carbocycles. The lowest BCUT2D eigenvalue weighted by Gasteiger charge is -2.29. The van der Waals surface area contributed by atoms with Gasteiger partial charge < -0.3 is 4.74 Å². The molecule has 0 aliphatic carbocycles. The van der Waals surface area contributed by atoms with Crippen LogP contribution in [0.3, 0.4) is 0 Å². The van der Waals surface area contributed by atoms with Gasteiger partial charge in [-0.15, -0.1) is 0 Å². The Labute approximate surface area is 106 Å². The van der Waals surface area contributed by atoms with Crippen molar-refractivity contribution >= 4 is 5.97 Å². The zero-order chi connectivity index (χ0) is 13.3. The lowest BCUT2D eigenvalue weighted by molar-refractivity contribution is -0.150. The third-order valence-electron chi connectivity index (χ3n) is 2.94. The van der Waals surface area contributed by atoms with E-state index in [0.717, 1.165) is 32.1 Å². The van der Waals surface area contributed by atoms with Crippen LogP contribution in [0.5, 0.6) is 0 Å². The van der Waals surface area contributed by atoms with Crippen LogP contribution in [-0.2, 0) is 9.53 Å². The third kappa shape index (κ3) is 6.67. The molecule has 0 rings (SSSR count). The van der Waals surface area contributed by atoms with Crippen LogP contribution in [0.1, 0.15) is 66.7 Å². The van der Waals surface area contributed by atoms with Crippen LogP contribution < -0.4 is 5.32 Å².